The zero-order valence-electron chi connectivity index (χ0n) is 11.5. The van der Waals surface area contributed by atoms with Gasteiger partial charge in [0.1, 0.15) is 0 Å². The maximum atomic E-state index is 11.9. The molecule has 1 aliphatic rings. The van der Waals surface area contributed by atoms with Crippen molar-refractivity contribution in [2.24, 2.45) is 11.1 Å². The Morgan fingerprint density at radius 3 is 2.52 bits per heavy atom. The van der Waals surface area contributed by atoms with Crippen LogP contribution in [-0.2, 0) is 21.4 Å². The number of carbonyl (C=O) groups excluding carboxylic acids is 1. The number of nitrogens with one attached hydrogen (secondary N) is 2. The van der Waals surface area contributed by atoms with Crippen LogP contribution in [0.25, 0.3) is 0 Å². The number of benzene rings is 1. The van der Waals surface area contributed by atoms with Gasteiger partial charge in [0.2, 0.25) is 15.9 Å². The topological polar surface area (TPSA) is 101 Å². The molecule has 4 N–H and O–H groups in total. The number of sulfonamides is 1. The molecule has 1 aromatic carbocycles. The van der Waals surface area contributed by atoms with Crippen LogP contribution in [0.15, 0.2) is 29.2 Å². The molecule has 1 atom stereocenters. The van der Waals surface area contributed by atoms with E-state index >= 15 is 0 Å². The number of hydrogen-bond donors (Lipinski definition) is 3. The molecule has 1 amide bonds. The quantitative estimate of drug-likeness (QED) is 0.741. The van der Waals surface area contributed by atoms with Crippen LogP contribution in [0.5, 0.6) is 0 Å². The van der Waals surface area contributed by atoms with Crippen molar-refractivity contribution in [1.82, 2.24) is 10.6 Å². The highest BCUT2D eigenvalue weighted by Gasteiger charge is 2.20. The molecule has 1 unspecified atom stereocenters. The van der Waals surface area contributed by atoms with E-state index in [-0.39, 0.29) is 29.1 Å². The molecule has 1 aromatic rings. The van der Waals surface area contributed by atoms with Gasteiger partial charge in [-0.1, -0.05) is 12.1 Å². The molecule has 0 radical (unpaired) electrons. The third kappa shape index (κ3) is 5.28. The highest BCUT2D eigenvalue weighted by atomic mass is 35.5. The summed E-state index contributed by atoms with van der Waals surface area (Å²) in [6.07, 6.45) is 1.92. The second-order valence-corrected chi connectivity index (χ2v) is 6.51. The summed E-state index contributed by atoms with van der Waals surface area (Å²) in [5, 5.41) is 11.1. The summed E-state index contributed by atoms with van der Waals surface area (Å²) in [7, 11) is -3.66. The van der Waals surface area contributed by atoms with Crippen LogP contribution in [-0.4, -0.2) is 27.4 Å². The highest BCUT2D eigenvalue weighted by molar-refractivity contribution is 7.89. The number of halogens is 1. The van der Waals surface area contributed by atoms with Crippen molar-refractivity contribution in [3.05, 3.63) is 29.8 Å². The molecule has 21 heavy (non-hydrogen) atoms. The van der Waals surface area contributed by atoms with Gasteiger partial charge in [-0.25, -0.2) is 13.6 Å². The summed E-state index contributed by atoms with van der Waals surface area (Å²) in [5.74, 6) is 0.0557. The number of nitrogens with two attached hydrogens (primary N) is 1. The maximum Gasteiger partial charge on any atom is 0.238 e. The standard InChI is InChI=1S/C13H19N3O3S.ClH/c14-20(18,19)12-5-3-10(4-6-12)8-16-13(17)11-2-1-7-15-9-11;/h3-6,11,15H,1-2,7-9H2,(H,16,17)(H2,14,18,19);1H. The number of amides is 1. The van der Waals surface area contributed by atoms with E-state index in [4.69, 9.17) is 5.14 Å². The van der Waals surface area contributed by atoms with Gasteiger partial charge in [0.05, 0.1) is 10.8 Å². The van der Waals surface area contributed by atoms with Crippen molar-refractivity contribution in [1.29, 1.82) is 0 Å². The van der Waals surface area contributed by atoms with E-state index < -0.39 is 10.0 Å². The molecular formula is C13H20ClN3O3S. The van der Waals surface area contributed by atoms with E-state index in [0.29, 0.717) is 6.54 Å². The minimum Gasteiger partial charge on any atom is -0.352 e. The zero-order valence-corrected chi connectivity index (χ0v) is 13.2. The number of rotatable bonds is 4. The van der Waals surface area contributed by atoms with Gasteiger partial charge in [0, 0.05) is 13.1 Å². The summed E-state index contributed by atoms with van der Waals surface area (Å²) in [6, 6.07) is 6.19. The van der Waals surface area contributed by atoms with Gasteiger partial charge in [-0.15, -0.1) is 12.4 Å². The second kappa shape index (κ2) is 7.74. The lowest BCUT2D eigenvalue weighted by atomic mass is 9.99. The fraction of sp³-hybridized carbons (Fsp3) is 0.462. The van der Waals surface area contributed by atoms with Gasteiger partial charge in [-0.05, 0) is 37.1 Å². The summed E-state index contributed by atoms with van der Waals surface area (Å²) in [4.78, 5) is 12.0. The molecular weight excluding hydrogens is 314 g/mol. The van der Waals surface area contributed by atoms with Crippen LogP contribution < -0.4 is 15.8 Å². The van der Waals surface area contributed by atoms with E-state index in [0.717, 1.165) is 31.5 Å². The first-order valence-electron chi connectivity index (χ1n) is 6.57. The summed E-state index contributed by atoms with van der Waals surface area (Å²) < 4.78 is 22.2. The fourth-order valence-corrected chi connectivity index (χ4v) is 2.72. The zero-order chi connectivity index (χ0) is 14.6. The predicted molar refractivity (Wildman–Crippen MR) is 82.5 cm³/mol. The molecule has 1 saturated heterocycles. The van der Waals surface area contributed by atoms with E-state index in [9.17, 15) is 13.2 Å². The molecule has 0 aromatic heterocycles. The first-order chi connectivity index (χ1) is 9.47. The molecule has 0 spiro atoms. The van der Waals surface area contributed by atoms with Crippen LogP contribution >= 0.6 is 12.4 Å². The largest absolute Gasteiger partial charge is 0.352 e. The lowest BCUT2D eigenvalue weighted by Gasteiger charge is -2.21. The summed E-state index contributed by atoms with van der Waals surface area (Å²) in [6.45, 7) is 2.08. The minimum absolute atomic E-state index is 0. The molecule has 0 saturated carbocycles. The number of carbonyl (C=O) groups is 1. The number of piperidine rings is 1. The number of primary sulfonamides is 1. The molecule has 1 aliphatic heterocycles. The van der Waals surface area contributed by atoms with E-state index in [2.05, 4.69) is 10.6 Å². The molecule has 1 heterocycles. The molecule has 0 bridgehead atoms. The van der Waals surface area contributed by atoms with Gasteiger partial charge in [-0.3, -0.25) is 4.79 Å². The minimum atomic E-state index is -3.66. The van der Waals surface area contributed by atoms with E-state index in [1.807, 2.05) is 0 Å². The van der Waals surface area contributed by atoms with Crippen molar-refractivity contribution in [2.45, 2.75) is 24.3 Å². The number of hydrogen-bond acceptors (Lipinski definition) is 4. The normalized spacial score (nSPS) is 18.6. The third-order valence-corrected chi connectivity index (χ3v) is 4.32. The van der Waals surface area contributed by atoms with Gasteiger partial charge in [0.15, 0.2) is 0 Å². The lowest BCUT2D eigenvalue weighted by molar-refractivity contribution is -0.125. The highest BCUT2D eigenvalue weighted by Crippen LogP contribution is 2.11. The summed E-state index contributed by atoms with van der Waals surface area (Å²) in [5.41, 5.74) is 0.842. The molecule has 118 valence electrons. The Kier molecular flexibility index (Phi) is 6.60. The monoisotopic (exact) mass is 333 g/mol. The molecule has 0 aliphatic carbocycles. The van der Waals surface area contributed by atoms with Crippen molar-refractivity contribution in [2.75, 3.05) is 13.1 Å². The van der Waals surface area contributed by atoms with Crippen LogP contribution in [0.1, 0.15) is 18.4 Å². The first kappa shape index (κ1) is 17.9. The van der Waals surface area contributed by atoms with Crippen LogP contribution in [0.3, 0.4) is 0 Å². The molecule has 2 rings (SSSR count). The van der Waals surface area contributed by atoms with Gasteiger partial charge >= 0.3 is 0 Å². The average Bonchev–Trinajstić information content (AvgIpc) is 2.45. The fourth-order valence-electron chi connectivity index (χ4n) is 2.21. The Bertz CT molecular complexity index is 569. The Morgan fingerprint density at radius 1 is 1.33 bits per heavy atom. The van der Waals surface area contributed by atoms with Crippen molar-refractivity contribution >= 4 is 28.3 Å². The predicted octanol–water partition coefficient (Wildman–Crippen LogP) is 0.372. The van der Waals surface area contributed by atoms with Crippen molar-refractivity contribution in [3.63, 3.8) is 0 Å². The van der Waals surface area contributed by atoms with Crippen LogP contribution in [0.4, 0.5) is 0 Å². The Labute approximate surface area is 130 Å². The van der Waals surface area contributed by atoms with Gasteiger partial charge in [-0.2, -0.15) is 0 Å². The SMILES string of the molecule is Cl.NS(=O)(=O)c1ccc(CNC(=O)C2CCCNC2)cc1. The lowest BCUT2D eigenvalue weighted by Crippen LogP contribution is -2.40. The Morgan fingerprint density at radius 2 is 2.00 bits per heavy atom. The average molecular weight is 334 g/mol. The van der Waals surface area contributed by atoms with Crippen LogP contribution in [0.2, 0.25) is 0 Å². The smallest absolute Gasteiger partial charge is 0.238 e. The third-order valence-electron chi connectivity index (χ3n) is 3.39. The summed E-state index contributed by atoms with van der Waals surface area (Å²) >= 11 is 0. The van der Waals surface area contributed by atoms with Crippen molar-refractivity contribution < 1.29 is 13.2 Å². The maximum absolute atomic E-state index is 11.9. The molecule has 8 heteroatoms. The molecule has 6 nitrogen and oxygen atoms in total. The Hall–Kier alpha value is -1.15. The van der Waals surface area contributed by atoms with Gasteiger partial charge < -0.3 is 10.6 Å². The van der Waals surface area contributed by atoms with Gasteiger partial charge in [0.25, 0.3) is 0 Å². The van der Waals surface area contributed by atoms with E-state index in [1.54, 1.807) is 12.1 Å². The Balaban J connectivity index is 0.00000220. The van der Waals surface area contributed by atoms with Crippen LogP contribution in [0, 0.1) is 5.92 Å². The van der Waals surface area contributed by atoms with Crippen molar-refractivity contribution in [3.8, 4) is 0 Å². The second-order valence-electron chi connectivity index (χ2n) is 4.95. The first-order valence-corrected chi connectivity index (χ1v) is 8.11. The molecule has 1 fully saturated rings. The van der Waals surface area contributed by atoms with E-state index in [1.165, 1.54) is 12.1 Å².